The lowest BCUT2D eigenvalue weighted by Crippen LogP contribution is -1.98. The summed E-state index contributed by atoms with van der Waals surface area (Å²) in [6.07, 6.45) is 0. The number of hydrogen-bond acceptors (Lipinski definition) is 4. The van der Waals surface area contributed by atoms with Crippen molar-refractivity contribution in [1.29, 1.82) is 0 Å². The molecule has 1 aromatic carbocycles. The minimum Gasteiger partial charge on any atom is -0.439 e. The van der Waals surface area contributed by atoms with E-state index >= 15 is 0 Å². The summed E-state index contributed by atoms with van der Waals surface area (Å²) in [4.78, 5) is 8.42. The van der Waals surface area contributed by atoms with Gasteiger partial charge in [0, 0.05) is 18.3 Å². The van der Waals surface area contributed by atoms with Gasteiger partial charge in [-0.2, -0.15) is 4.98 Å². The SMILES string of the molecule is Cc1cc(Oc2cccc(CN)c2)nc(C)n1. The molecule has 0 saturated carbocycles. The fraction of sp³-hybridized carbons (Fsp3) is 0.231. The zero-order valence-corrected chi connectivity index (χ0v) is 9.97. The van der Waals surface area contributed by atoms with E-state index in [0.29, 0.717) is 18.2 Å². The van der Waals surface area contributed by atoms with Crippen molar-refractivity contribution in [1.82, 2.24) is 9.97 Å². The van der Waals surface area contributed by atoms with Crippen molar-refractivity contribution in [3.8, 4) is 11.6 Å². The van der Waals surface area contributed by atoms with Crippen molar-refractivity contribution >= 4 is 0 Å². The Balaban J connectivity index is 2.24. The summed E-state index contributed by atoms with van der Waals surface area (Å²) in [5.41, 5.74) is 7.50. The molecule has 2 rings (SSSR count). The van der Waals surface area contributed by atoms with Gasteiger partial charge >= 0.3 is 0 Å². The minimum atomic E-state index is 0.499. The molecule has 4 nitrogen and oxygen atoms in total. The van der Waals surface area contributed by atoms with Gasteiger partial charge in [0.2, 0.25) is 5.88 Å². The quantitative estimate of drug-likeness (QED) is 0.877. The van der Waals surface area contributed by atoms with E-state index in [1.165, 1.54) is 0 Å². The summed E-state index contributed by atoms with van der Waals surface area (Å²) in [6, 6.07) is 9.47. The summed E-state index contributed by atoms with van der Waals surface area (Å²) < 4.78 is 5.68. The summed E-state index contributed by atoms with van der Waals surface area (Å²) in [7, 11) is 0. The molecule has 4 heteroatoms. The van der Waals surface area contributed by atoms with Crippen LogP contribution >= 0.6 is 0 Å². The number of rotatable bonds is 3. The standard InChI is InChI=1S/C13H15N3O/c1-9-6-13(16-10(2)15-9)17-12-5-3-4-11(7-12)8-14/h3-7H,8,14H2,1-2H3. The second kappa shape index (κ2) is 4.93. The van der Waals surface area contributed by atoms with Crippen molar-refractivity contribution in [2.75, 3.05) is 0 Å². The highest BCUT2D eigenvalue weighted by Crippen LogP contribution is 2.20. The number of hydrogen-bond donors (Lipinski definition) is 1. The third-order valence-electron chi connectivity index (χ3n) is 2.30. The Morgan fingerprint density at radius 3 is 2.71 bits per heavy atom. The highest BCUT2D eigenvalue weighted by atomic mass is 16.5. The zero-order valence-electron chi connectivity index (χ0n) is 9.97. The monoisotopic (exact) mass is 229 g/mol. The first-order valence-electron chi connectivity index (χ1n) is 5.46. The molecule has 0 unspecified atom stereocenters. The average molecular weight is 229 g/mol. The Morgan fingerprint density at radius 2 is 2.00 bits per heavy atom. The molecule has 0 spiro atoms. The number of benzene rings is 1. The van der Waals surface area contributed by atoms with Gasteiger partial charge in [-0.1, -0.05) is 12.1 Å². The van der Waals surface area contributed by atoms with E-state index in [9.17, 15) is 0 Å². The molecule has 0 saturated heterocycles. The van der Waals surface area contributed by atoms with Crippen molar-refractivity contribution < 1.29 is 4.74 Å². The lowest BCUT2D eigenvalue weighted by molar-refractivity contribution is 0.458. The molecule has 2 aromatic rings. The maximum Gasteiger partial charge on any atom is 0.222 e. The maximum atomic E-state index is 5.68. The Labute approximate surface area is 100 Å². The number of nitrogens with two attached hydrogens (primary N) is 1. The van der Waals surface area contributed by atoms with Crippen LogP contribution in [0.15, 0.2) is 30.3 Å². The number of aromatic nitrogens is 2. The number of aryl methyl sites for hydroxylation is 2. The normalized spacial score (nSPS) is 10.3. The van der Waals surface area contributed by atoms with Crippen LogP contribution in [0.4, 0.5) is 0 Å². The van der Waals surface area contributed by atoms with E-state index < -0.39 is 0 Å². The number of nitrogens with zero attached hydrogens (tertiary/aromatic N) is 2. The molecule has 0 bridgehead atoms. The molecule has 88 valence electrons. The fourth-order valence-electron chi connectivity index (χ4n) is 1.59. The van der Waals surface area contributed by atoms with Crippen molar-refractivity contribution in [2.45, 2.75) is 20.4 Å². The third kappa shape index (κ3) is 3.01. The molecule has 0 aliphatic carbocycles. The van der Waals surface area contributed by atoms with Gasteiger partial charge in [0.1, 0.15) is 11.6 Å². The first-order valence-corrected chi connectivity index (χ1v) is 5.46. The van der Waals surface area contributed by atoms with E-state index in [-0.39, 0.29) is 0 Å². The maximum absolute atomic E-state index is 5.68. The van der Waals surface area contributed by atoms with E-state index in [1.807, 2.05) is 44.2 Å². The average Bonchev–Trinajstić information content (AvgIpc) is 2.28. The Bertz CT molecular complexity index is 506. The number of ether oxygens (including phenoxy) is 1. The molecule has 0 amide bonds. The molecule has 0 aliphatic rings. The second-order valence-corrected chi connectivity index (χ2v) is 3.85. The van der Waals surface area contributed by atoms with Gasteiger partial charge in [0.15, 0.2) is 0 Å². The third-order valence-corrected chi connectivity index (χ3v) is 2.30. The molecule has 2 N–H and O–H groups in total. The highest BCUT2D eigenvalue weighted by molar-refractivity contribution is 5.31. The summed E-state index contributed by atoms with van der Waals surface area (Å²) in [6.45, 7) is 4.26. The molecule has 0 aliphatic heterocycles. The molecular weight excluding hydrogens is 214 g/mol. The molecule has 1 heterocycles. The predicted molar refractivity (Wildman–Crippen MR) is 65.9 cm³/mol. The van der Waals surface area contributed by atoms with Gasteiger partial charge in [-0.15, -0.1) is 0 Å². The molecule has 0 radical (unpaired) electrons. The van der Waals surface area contributed by atoms with Crippen molar-refractivity contribution in [3.63, 3.8) is 0 Å². The minimum absolute atomic E-state index is 0.499. The van der Waals surface area contributed by atoms with Gasteiger partial charge < -0.3 is 10.5 Å². The Morgan fingerprint density at radius 1 is 1.18 bits per heavy atom. The van der Waals surface area contributed by atoms with Crippen LogP contribution < -0.4 is 10.5 Å². The van der Waals surface area contributed by atoms with Gasteiger partial charge in [0.05, 0.1) is 0 Å². The molecular formula is C13H15N3O. The van der Waals surface area contributed by atoms with E-state index in [1.54, 1.807) is 0 Å². The fourth-order valence-corrected chi connectivity index (χ4v) is 1.59. The van der Waals surface area contributed by atoms with Crippen LogP contribution in [0.1, 0.15) is 17.1 Å². The molecule has 0 atom stereocenters. The van der Waals surface area contributed by atoms with Crippen molar-refractivity contribution in [2.24, 2.45) is 5.73 Å². The zero-order chi connectivity index (χ0) is 12.3. The van der Waals surface area contributed by atoms with E-state index in [2.05, 4.69) is 9.97 Å². The van der Waals surface area contributed by atoms with Crippen LogP contribution in [0, 0.1) is 13.8 Å². The van der Waals surface area contributed by atoms with Gasteiger partial charge in [-0.25, -0.2) is 4.98 Å². The van der Waals surface area contributed by atoms with Gasteiger partial charge in [0.25, 0.3) is 0 Å². The van der Waals surface area contributed by atoms with Gasteiger partial charge in [-0.05, 0) is 31.5 Å². The Hall–Kier alpha value is -1.94. The predicted octanol–water partition coefficient (Wildman–Crippen LogP) is 2.34. The first kappa shape index (κ1) is 11.5. The molecule has 1 aromatic heterocycles. The van der Waals surface area contributed by atoms with Crippen LogP contribution in [0.3, 0.4) is 0 Å². The topological polar surface area (TPSA) is 61.0 Å². The van der Waals surface area contributed by atoms with E-state index in [0.717, 1.165) is 17.0 Å². The Kier molecular flexibility index (Phi) is 3.35. The van der Waals surface area contributed by atoms with Gasteiger partial charge in [-0.3, -0.25) is 0 Å². The summed E-state index contributed by atoms with van der Waals surface area (Å²) in [5.74, 6) is 2.00. The van der Waals surface area contributed by atoms with Crippen LogP contribution in [-0.4, -0.2) is 9.97 Å². The van der Waals surface area contributed by atoms with Crippen LogP contribution in [-0.2, 0) is 6.54 Å². The molecule has 17 heavy (non-hydrogen) atoms. The molecule has 0 fully saturated rings. The first-order chi connectivity index (χ1) is 8.17. The highest BCUT2D eigenvalue weighted by Gasteiger charge is 2.02. The second-order valence-electron chi connectivity index (χ2n) is 3.85. The summed E-state index contributed by atoms with van der Waals surface area (Å²) in [5, 5.41) is 0. The lowest BCUT2D eigenvalue weighted by atomic mass is 10.2. The lowest BCUT2D eigenvalue weighted by Gasteiger charge is -2.07. The largest absolute Gasteiger partial charge is 0.439 e. The van der Waals surface area contributed by atoms with E-state index in [4.69, 9.17) is 10.5 Å². The van der Waals surface area contributed by atoms with Crippen molar-refractivity contribution in [3.05, 3.63) is 47.4 Å². The smallest absolute Gasteiger partial charge is 0.222 e. The van der Waals surface area contributed by atoms with Crippen LogP contribution in [0.25, 0.3) is 0 Å². The summed E-state index contributed by atoms with van der Waals surface area (Å²) >= 11 is 0. The van der Waals surface area contributed by atoms with Crippen LogP contribution in [0.5, 0.6) is 11.6 Å². The van der Waals surface area contributed by atoms with Crippen LogP contribution in [0.2, 0.25) is 0 Å².